The minimum Gasteiger partial charge on any atom is -0.323 e. The topological polar surface area (TPSA) is 64.7 Å². The standard InChI is InChI=1S/C11H11ClN4/c1-7(13)10-11(15-5-4-14-10)9-3-2-8(12)6-16-9/h2-7H,13H2,1H3. The molecular formula is C11H11ClN4. The Balaban J connectivity index is 2.51. The van der Waals surface area contributed by atoms with Crippen molar-refractivity contribution < 1.29 is 0 Å². The van der Waals surface area contributed by atoms with Crippen molar-refractivity contribution in [1.29, 1.82) is 0 Å². The lowest BCUT2D eigenvalue weighted by Gasteiger charge is -2.09. The summed E-state index contributed by atoms with van der Waals surface area (Å²) in [5, 5.41) is 0.593. The Morgan fingerprint density at radius 2 is 1.94 bits per heavy atom. The van der Waals surface area contributed by atoms with Gasteiger partial charge in [0.25, 0.3) is 0 Å². The fourth-order valence-electron chi connectivity index (χ4n) is 1.40. The maximum Gasteiger partial charge on any atom is 0.112 e. The monoisotopic (exact) mass is 234 g/mol. The van der Waals surface area contributed by atoms with Crippen molar-refractivity contribution in [3.05, 3.63) is 41.4 Å². The first-order chi connectivity index (χ1) is 7.68. The summed E-state index contributed by atoms with van der Waals surface area (Å²) in [5.41, 5.74) is 7.99. The van der Waals surface area contributed by atoms with Crippen LogP contribution in [0, 0.1) is 0 Å². The average molecular weight is 235 g/mol. The normalized spacial score (nSPS) is 12.4. The van der Waals surface area contributed by atoms with Crippen LogP contribution in [0.1, 0.15) is 18.7 Å². The van der Waals surface area contributed by atoms with Crippen LogP contribution in [0.25, 0.3) is 11.4 Å². The molecule has 5 heteroatoms. The Bertz CT molecular complexity index is 482. The number of pyridine rings is 1. The molecule has 0 fully saturated rings. The molecule has 2 aromatic rings. The molecule has 82 valence electrons. The zero-order valence-corrected chi connectivity index (χ0v) is 9.52. The van der Waals surface area contributed by atoms with E-state index < -0.39 is 0 Å². The van der Waals surface area contributed by atoms with Gasteiger partial charge in [0, 0.05) is 24.6 Å². The van der Waals surface area contributed by atoms with E-state index in [2.05, 4.69) is 15.0 Å². The van der Waals surface area contributed by atoms with E-state index in [4.69, 9.17) is 17.3 Å². The second kappa shape index (κ2) is 4.55. The summed E-state index contributed by atoms with van der Waals surface area (Å²) in [7, 11) is 0. The predicted octanol–water partition coefficient (Wildman–Crippen LogP) is 2.21. The van der Waals surface area contributed by atoms with E-state index in [0.717, 1.165) is 11.4 Å². The zero-order chi connectivity index (χ0) is 11.5. The molecule has 0 radical (unpaired) electrons. The van der Waals surface area contributed by atoms with Crippen LogP contribution in [0.4, 0.5) is 0 Å². The molecule has 4 nitrogen and oxygen atoms in total. The summed E-state index contributed by atoms with van der Waals surface area (Å²) < 4.78 is 0. The number of rotatable bonds is 2. The third kappa shape index (κ3) is 2.18. The fourth-order valence-corrected chi connectivity index (χ4v) is 1.51. The molecule has 2 rings (SSSR count). The first-order valence-electron chi connectivity index (χ1n) is 4.87. The summed E-state index contributed by atoms with van der Waals surface area (Å²) in [6.45, 7) is 1.86. The molecule has 1 atom stereocenters. The van der Waals surface area contributed by atoms with Crippen molar-refractivity contribution in [1.82, 2.24) is 15.0 Å². The van der Waals surface area contributed by atoms with Crippen LogP contribution >= 0.6 is 11.6 Å². The molecule has 0 aliphatic carbocycles. The van der Waals surface area contributed by atoms with Gasteiger partial charge < -0.3 is 5.73 Å². The quantitative estimate of drug-likeness (QED) is 0.865. The lowest BCUT2D eigenvalue weighted by molar-refractivity contribution is 0.775. The molecule has 2 N–H and O–H groups in total. The Morgan fingerprint density at radius 1 is 1.19 bits per heavy atom. The van der Waals surface area contributed by atoms with Crippen molar-refractivity contribution in [2.45, 2.75) is 13.0 Å². The molecule has 0 saturated carbocycles. The first kappa shape index (κ1) is 11.0. The van der Waals surface area contributed by atoms with E-state index >= 15 is 0 Å². The van der Waals surface area contributed by atoms with Gasteiger partial charge in [-0.25, -0.2) is 0 Å². The van der Waals surface area contributed by atoms with Crippen LogP contribution < -0.4 is 5.73 Å². The summed E-state index contributed by atoms with van der Waals surface area (Å²) in [6.07, 6.45) is 4.83. The minimum absolute atomic E-state index is 0.179. The number of halogens is 1. The lowest BCUT2D eigenvalue weighted by Crippen LogP contribution is -2.10. The Kier molecular flexibility index (Phi) is 3.12. The number of hydrogen-bond acceptors (Lipinski definition) is 4. The highest BCUT2D eigenvalue weighted by Gasteiger charge is 2.12. The average Bonchev–Trinajstić information content (AvgIpc) is 2.30. The number of nitrogens with zero attached hydrogens (tertiary/aromatic N) is 3. The highest BCUT2D eigenvalue weighted by atomic mass is 35.5. The number of aromatic nitrogens is 3. The SMILES string of the molecule is CC(N)c1nccnc1-c1ccc(Cl)cn1. The van der Waals surface area contributed by atoms with Crippen molar-refractivity contribution in [3.8, 4) is 11.4 Å². The van der Waals surface area contributed by atoms with Gasteiger partial charge in [-0.3, -0.25) is 15.0 Å². The molecule has 0 amide bonds. The highest BCUT2D eigenvalue weighted by molar-refractivity contribution is 6.30. The van der Waals surface area contributed by atoms with Crippen LogP contribution in [0.15, 0.2) is 30.7 Å². The summed E-state index contributed by atoms with van der Waals surface area (Å²) in [6, 6.07) is 3.39. The second-order valence-corrected chi connectivity index (χ2v) is 3.88. The smallest absolute Gasteiger partial charge is 0.112 e. The molecule has 0 aliphatic heterocycles. The van der Waals surface area contributed by atoms with E-state index in [0.29, 0.717) is 10.7 Å². The van der Waals surface area contributed by atoms with Crippen molar-refractivity contribution in [2.75, 3.05) is 0 Å². The van der Waals surface area contributed by atoms with Gasteiger partial charge in [-0.2, -0.15) is 0 Å². The summed E-state index contributed by atoms with van der Waals surface area (Å²) in [5.74, 6) is 0. The summed E-state index contributed by atoms with van der Waals surface area (Å²) >= 11 is 5.78. The largest absolute Gasteiger partial charge is 0.323 e. The third-order valence-corrected chi connectivity index (χ3v) is 2.35. The zero-order valence-electron chi connectivity index (χ0n) is 8.76. The molecule has 0 saturated heterocycles. The van der Waals surface area contributed by atoms with Crippen molar-refractivity contribution in [2.24, 2.45) is 5.73 Å². The molecule has 16 heavy (non-hydrogen) atoms. The Morgan fingerprint density at radius 3 is 2.56 bits per heavy atom. The van der Waals surface area contributed by atoms with Crippen LogP contribution in [0.2, 0.25) is 5.02 Å². The molecule has 0 spiro atoms. The molecule has 1 unspecified atom stereocenters. The van der Waals surface area contributed by atoms with Crippen LogP contribution in [-0.2, 0) is 0 Å². The fraction of sp³-hybridized carbons (Fsp3) is 0.182. The molecule has 2 aromatic heterocycles. The lowest BCUT2D eigenvalue weighted by atomic mass is 10.1. The van der Waals surface area contributed by atoms with Gasteiger partial charge in [0.1, 0.15) is 5.69 Å². The second-order valence-electron chi connectivity index (χ2n) is 3.44. The maximum atomic E-state index is 5.83. The van der Waals surface area contributed by atoms with Crippen molar-refractivity contribution >= 4 is 11.6 Å². The summed E-state index contributed by atoms with van der Waals surface area (Å²) in [4.78, 5) is 12.7. The Hall–Kier alpha value is -1.52. The van der Waals surface area contributed by atoms with Gasteiger partial charge in [0.05, 0.1) is 16.4 Å². The highest BCUT2D eigenvalue weighted by Crippen LogP contribution is 2.22. The Labute approximate surface area is 98.5 Å². The van der Waals surface area contributed by atoms with Crippen LogP contribution in [-0.4, -0.2) is 15.0 Å². The molecule has 0 aromatic carbocycles. The molecule has 0 aliphatic rings. The molecular weight excluding hydrogens is 224 g/mol. The van der Waals surface area contributed by atoms with E-state index in [-0.39, 0.29) is 6.04 Å². The maximum absolute atomic E-state index is 5.83. The van der Waals surface area contributed by atoms with Gasteiger partial charge in [-0.05, 0) is 19.1 Å². The molecule has 0 bridgehead atoms. The van der Waals surface area contributed by atoms with E-state index in [1.807, 2.05) is 6.92 Å². The first-order valence-corrected chi connectivity index (χ1v) is 5.24. The van der Waals surface area contributed by atoms with E-state index in [9.17, 15) is 0 Å². The van der Waals surface area contributed by atoms with Crippen LogP contribution in [0.3, 0.4) is 0 Å². The van der Waals surface area contributed by atoms with Gasteiger partial charge in [-0.15, -0.1) is 0 Å². The predicted molar refractivity (Wildman–Crippen MR) is 62.9 cm³/mol. The number of nitrogens with two attached hydrogens (primary N) is 1. The van der Waals surface area contributed by atoms with Crippen LogP contribution in [0.5, 0.6) is 0 Å². The van der Waals surface area contributed by atoms with E-state index in [1.165, 1.54) is 0 Å². The van der Waals surface area contributed by atoms with Gasteiger partial charge in [0.2, 0.25) is 0 Å². The van der Waals surface area contributed by atoms with Crippen molar-refractivity contribution in [3.63, 3.8) is 0 Å². The van der Waals surface area contributed by atoms with Gasteiger partial charge in [0.15, 0.2) is 0 Å². The number of hydrogen-bond donors (Lipinski definition) is 1. The third-order valence-electron chi connectivity index (χ3n) is 2.13. The van der Waals surface area contributed by atoms with E-state index in [1.54, 1.807) is 30.7 Å². The minimum atomic E-state index is -0.179. The van der Waals surface area contributed by atoms with Gasteiger partial charge in [-0.1, -0.05) is 11.6 Å². The molecule has 2 heterocycles. The van der Waals surface area contributed by atoms with Gasteiger partial charge >= 0.3 is 0 Å².